The molecule has 3 rings (SSSR count). The lowest BCUT2D eigenvalue weighted by atomic mass is 9.97. The Hall–Kier alpha value is -1.46. The molecular formula is C14H20N2O3. The van der Waals surface area contributed by atoms with E-state index in [-0.39, 0.29) is 23.3 Å². The summed E-state index contributed by atoms with van der Waals surface area (Å²) in [6, 6.07) is 2.68. The summed E-state index contributed by atoms with van der Waals surface area (Å²) in [5, 5.41) is 32.9. The average Bonchev–Trinajstić information content (AvgIpc) is 3.18. The standard InChI is InChI=1S/C14H20N2O3/c17-10-7-11(18)13(12(19)8-10)14(9-1-2-9)16-5-3-15-4-6-16/h7-9,14-15,17-19H,1-6H2/t14-/m0/s1. The molecule has 0 unspecified atom stereocenters. The fourth-order valence-electron chi connectivity index (χ4n) is 3.00. The lowest BCUT2D eigenvalue weighted by Crippen LogP contribution is -2.45. The molecule has 5 nitrogen and oxygen atoms in total. The van der Waals surface area contributed by atoms with E-state index in [9.17, 15) is 15.3 Å². The second-order valence-electron chi connectivity index (χ2n) is 5.47. The van der Waals surface area contributed by atoms with Crippen LogP contribution in [-0.2, 0) is 0 Å². The third-order valence-corrected chi connectivity index (χ3v) is 4.03. The number of hydrogen-bond acceptors (Lipinski definition) is 5. The molecule has 0 aromatic heterocycles. The maximum absolute atomic E-state index is 10.1. The highest BCUT2D eigenvalue weighted by Crippen LogP contribution is 2.50. The number of phenols is 3. The van der Waals surface area contributed by atoms with Crippen LogP contribution in [0.3, 0.4) is 0 Å². The van der Waals surface area contributed by atoms with Crippen LogP contribution in [0.15, 0.2) is 12.1 Å². The van der Waals surface area contributed by atoms with E-state index >= 15 is 0 Å². The van der Waals surface area contributed by atoms with Crippen molar-refractivity contribution in [2.75, 3.05) is 26.2 Å². The van der Waals surface area contributed by atoms with Crippen molar-refractivity contribution in [1.29, 1.82) is 0 Å². The predicted octanol–water partition coefficient (Wildman–Crippen LogP) is 1.16. The molecule has 1 aliphatic carbocycles. The maximum Gasteiger partial charge on any atom is 0.127 e. The molecule has 1 atom stereocenters. The van der Waals surface area contributed by atoms with Gasteiger partial charge in [-0.25, -0.2) is 0 Å². The predicted molar refractivity (Wildman–Crippen MR) is 71.3 cm³/mol. The average molecular weight is 264 g/mol. The summed E-state index contributed by atoms with van der Waals surface area (Å²) in [5.41, 5.74) is 0.571. The third kappa shape index (κ3) is 2.48. The van der Waals surface area contributed by atoms with E-state index < -0.39 is 0 Å². The van der Waals surface area contributed by atoms with Crippen LogP contribution in [0.1, 0.15) is 24.4 Å². The fourth-order valence-corrected chi connectivity index (χ4v) is 3.00. The smallest absolute Gasteiger partial charge is 0.127 e. The van der Waals surface area contributed by atoms with Gasteiger partial charge in [-0.05, 0) is 18.8 Å². The minimum Gasteiger partial charge on any atom is -0.508 e. The maximum atomic E-state index is 10.1. The van der Waals surface area contributed by atoms with Crippen molar-refractivity contribution in [3.05, 3.63) is 17.7 Å². The number of nitrogens with zero attached hydrogens (tertiary/aromatic N) is 1. The highest BCUT2D eigenvalue weighted by molar-refractivity contribution is 5.51. The van der Waals surface area contributed by atoms with Gasteiger partial charge < -0.3 is 20.6 Å². The first-order valence-electron chi connectivity index (χ1n) is 6.86. The number of piperazine rings is 1. The van der Waals surface area contributed by atoms with Gasteiger partial charge in [-0.1, -0.05) is 0 Å². The van der Waals surface area contributed by atoms with E-state index in [0.717, 1.165) is 39.0 Å². The van der Waals surface area contributed by atoms with Crippen LogP contribution in [0, 0.1) is 5.92 Å². The van der Waals surface area contributed by atoms with Gasteiger partial charge in [-0.2, -0.15) is 0 Å². The van der Waals surface area contributed by atoms with Crippen LogP contribution in [0.2, 0.25) is 0 Å². The van der Waals surface area contributed by atoms with E-state index in [1.165, 1.54) is 12.1 Å². The Morgan fingerprint density at radius 3 is 2.16 bits per heavy atom. The number of hydrogen-bond donors (Lipinski definition) is 4. The highest BCUT2D eigenvalue weighted by atomic mass is 16.3. The molecule has 1 aromatic rings. The van der Waals surface area contributed by atoms with E-state index in [0.29, 0.717) is 11.5 Å². The normalized spacial score (nSPS) is 22.3. The first kappa shape index (κ1) is 12.6. The second kappa shape index (κ2) is 4.90. The van der Waals surface area contributed by atoms with Gasteiger partial charge in [-0.15, -0.1) is 0 Å². The molecule has 1 heterocycles. The van der Waals surface area contributed by atoms with Crippen LogP contribution >= 0.6 is 0 Å². The molecule has 1 saturated heterocycles. The topological polar surface area (TPSA) is 76.0 Å². The van der Waals surface area contributed by atoms with Gasteiger partial charge in [0.2, 0.25) is 0 Å². The zero-order valence-corrected chi connectivity index (χ0v) is 10.8. The summed E-state index contributed by atoms with van der Waals surface area (Å²) in [7, 11) is 0. The molecule has 5 heteroatoms. The largest absolute Gasteiger partial charge is 0.508 e. The number of nitrogens with one attached hydrogen (secondary N) is 1. The zero-order valence-electron chi connectivity index (χ0n) is 10.8. The van der Waals surface area contributed by atoms with Gasteiger partial charge >= 0.3 is 0 Å². The van der Waals surface area contributed by atoms with Gasteiger partial charge in [0.15, 0.2) is 0 Å². The third-order valence-electron chi connectivity index (χ3n) is 4.03. The Morgan fingerprint density at radius 2 is 1.63 bits per heavy atom. The summed E-state index contributed by atoms with van der Waals surface area (Å²) in [6.07, 6.45) is 2.27. The van der Waals surface area contributed by atoms with Crippen molar-refractivity contribution >= 4 is 0 Å². The summed E-state index contributed by atoms with van der Waals surface area (Å²) < 4.78 is 0. The number of rotatable bonds is 3. The zero-order chi connectivity index (χ0) is 13.4. The van der Waals surface area contributed by atoms with Crippen molar-refractivity contribution in [1.82, 2.24) is 10.2 Å². The Bertz CT molecular complexity index is 445. The van der Waals surface area contributed by atoms with Gasteiger partial charge in [0.1, 0.15) is 17.2 Å². The molecular weight excluding hydrogens is 244 g/mol. The number of benzene rings is 1. The molecule has 2 aliphatic rings. The van der Waals surface area contributed by atoms with E-state index in [1.807, 2.05) is 0 Å². The lowest BCUT2D eigenvalue weighted by molar-refractivity contribution is 0.151. The molecule has 1 aliphatic heterocycles. The van der Waals surface area contributed by atoms with Gasteiger partial charge in [0, 0.05) is 44.4 Å². The summed E-state index contributed by atoms with van der Waals surface area (Å²) >= 11 is 0. The summed E-state index contributed by atoms with van der Waals surface area (Å²) in [5.74, 6) is 0.383. The van der Waals surface area contributed by atoms with Gasteiger partial charge in [-0.3, -0.25) is 4.90 Å². The minimum atomic E-state index is -0.103. The van der Waals surface area contributed by atoms with Crippen molar-refractivity contribution in [2.45, 2.75) is 18.9 Å². The number of aromatic hydroxyl groups is 3. The fraction of sp³-hybridized carbons (Fsp3) is 0.571. The minimum absolute atomic E-state index is 0.00654. The molecule has 19 heavy (non-hydrogen) atoms. The summed E-state index contributed by atoms with van der Waals surface area (Å²) in [6.45, 7) is 3.70. The molecule has 0 amide bonds. The van der Waals surface area contributed by atoms with E-state index in [2.05, 4.69) is 10.2 Å². The van der Waals surface area contributed by atoms with Crippen LogP contribution in [0.5, 0.6) is 17.2 Å². The molecule has 104 valence electrons. The monoisotopic (exact) mass is 264 g/mol. The van der Waals surface area contributed by atoms with Crippen LogP contribution in [0.4, 0.5) is 0 Å². The molecule has 0 radical (unpaired) electrons. The molecule has 4 N–H and O–H groups in total. The first-order chi connectivity index (χ1) is 9.16. The van der Waals surface area contributed by atoms with Crippen LogP contribution in [0.25, 0.3) is 0 Å². The number of phenolic OH excluding ortho intramolecular Hbond substituents is 3. The van der Waals surface area contributed by atoms with Gasteiger partial charge in [0.05, 0.1) is 5.56 Å². The highest BCUT2D eigenvalue weighted by Gasteiger charge is 2.39. The van der Waals surface area contributed by atoms with Crippen molar-refractivity contribution in [2.24, 2.45) is 5.92 Å². The molecule has 1 saturated carbocycles. The van der Waals surface area contributed by atoms with Crippen molar-refractivity contribution < 1.29 is 15.3 Å². The second-order valence-corrected chi connectivity index (χ2v) is 5.47. The molecule has 2 fully saturated rings. The van der Waals surface area contributed by atoms with Crippen molar-refractivity contribution in [3.63, 3.8) is 0 Å². The van der Waals surface area contributed by atoms with E-state index in [1.54, 1.807) is 0 Å². The Morgan fingerprint density at radius 1 is 1.05 bits per heavy atom. The Kier molecular flexibility index (Phi) is 3.24. The Balaban J connectivity index is 1.95. The molecule has 0 spiro atoms. The first-order valence-corrected chi connectivity index (χ1v) is 6.86. The lowest BCUT2D eigenvalue weighted by Gasteiger charge is -2.36. The van der Waals surface area contributed by atoms with E-state index in [4.69, 9.17) is 0 Å². The SMILES string of the molecule is Oc1cc(O)c([C@H](C2CC2)N2CCNCC2)c(O)c1. The van der Waals surface area contributed by atoms with Gasteiger partial charge in [0.25, 0.3) is 0 Å². The Labute approximate surface area is 112 Å². The van der Waals surface area contributed by atoms with Crippen LogP contribution in [-0.4, -0.2) is 46.4 Å². The quantitative estimate of drug-likeness (QED) is 0.659. The molecule has 1 aromatic carbocycles. The van der Waals surface area contributed by atoms with Crippen LogP contribution < -0.4 is 5.32 Å². The molecule has 0 bridgehead atoms. The van der Waals surface area contributed by atoms with Crippen molar-refractivity contribution in [3.8, 4) is 17.2 Å². The summed E-state index contributed by atoms with van der Waals surface area (Å²) in [4.78, 5) is 2.32.